The molecule has 2 aromatic heterocycles. The van der Waals surface area contributed by atoms with Crippen LogP contribution in [0.2, 0.25) is 0 Å². The third-order valence-electron chi connectivity index (χ3n) is 6.20. The van der Waals surface area contributed by atoms with E-state index in [0.717, 1.165) is 67.2 Å². The molecule has 148 valence electrons. The molecule has 0 aliphatic carbocycles. The first-order valence-electron chi connectivity index (χ1n) is 9.96. The second-order valence-corrected chi connectivity index (χ2v) is 9.97. The highest BCUT2D eigenvalue weighted by atomic mass is 32.2. The van der Waals surface area contributed by atoms with E-state index in [4.69, 9.17) is 0 Å². The largest absolute Gasteiger partial charge is 0.346 e. The summed E-state index contributed by atoms with van der Waals surface area (Å²) in [7, 11) is 0. The first-order valence-corrected chi connectivity index (χ1v) is 12.0. The number of nitrogens with zero attached hydrogens (tertiary/aromatic N) is 3. The van der Waals surface area contributed by atoms with E-state index in [1.807, 2.05) is 22.0 Å². The van der Waals surface area contributed by atoms with Gasteiger partial charge in [-0.15, -0.1) is 11.3 Å². The predicted molar refractivity (Wildman–Crippen MR) is 113 cm³/mol. The summed E-state index contributed by atoms with van der Waals surface area (Å²) in [5, 5.41) is 5.96. The van der Waals surface area contributed by atoms with Crippen LogP contribution in [0.15, 0.2) is 17.6 Å². The van der Waals surface area contributed by atoms with Crippen LogP contribution in [0.1, 0.15) is 33.7 Å². The Kier molecular flexibility index (Phi) is 5.02. The highest BCUT2D eigenvalue weighted by Gasteiger charge is 2.35. The van der Waals surface area contributed by atoms with Crippen LogP contribution in [0.5, 0.6) is 0 Å². The maximum absolute atomic E-state index is 13.0. The quantitative estimate of drug-likeness (QED) is 0.832. The van der Waals surface area contributed by atoms with E-state index in [9.17, 15) is 9.59 Å². The fourth-order valence-electron chi connectivity index (χ4n) is 4.53. The number of thiophene rings is 1. The van der Waals surface area contributed by atoms with Gasteiger partial charge in [0.25, 0.3) is 11.8 Å². The number of hydrogen-bond acceptors (Lipinski definition) is 6. The number of carbonyl (C=O) groups excluding carboxylic acids is 2. The third-order valence-corrected chi connectivity index (χ3v) is 8.07. The summed E-state index contributed by atoms with van der Waals surface area (Å²) in [5.41, 5.74) is 1.11. The van der Waals surface area contributed by atoms with Gasteiger partial charge in [0.2, 0.25) is 0 Å². The van der Waals surface area contributed by atoms with Crippen molar-refractivity contribution < 1.29 is 9.59 Å². The number of nitrogens with one attached hydrogen (secondary N) is 1. The van der Waals surface area contributed by atoms with Crippen LogP contribution in [0, 0.1) is 5.92 Å². The molecule has 1 unspecified atom stereocenters. The number of hydrogen-bond donors (Lipinski definition) is 1. The third kappa shape index (κ3) is 3.42. The van der Waals surface area contributed by atoms with Crippen molar-refractivity contribution in [3.8, 4) is 0 Å². The molecular weight excluding hydrogens is 392 g/mol. The molecule has 8 heteroatoms. The van der Waals surface area contributed by atoms with Crippen LogP contribution in [0.3, 0.4) is 0 Å². The van der Waals surface area contributed by atoms with Gasteiger partial charge in [-0.25, -0.2) is 4.98 Å². The summed E-state index contributed by atoms with van der Waals surface area (Å²) in [6.07, 6.45) is 4.05. The fourth-order valence-corrected chi connectivity index (χ4v) is 6.32. The number of fused-ring (bicyclic) bond motifs is 4. The Hall–Kier alpha value is -1.64. The monoisotopic (exact) mass is 416 g/mol. The Morgan fingerprint density at radius 3 is 2.64 bits per heavy atom. The van der Waals surface area contributed by atoms with Gasteiger partial charge < -0.3 is 15.1 Å². The summed E-state index contributed by atoms with van der Waals surface area (Å²) in [6, 6.07) is 2.01. The Labute approximate surface area is 172 Å². The molecule has 1 N–H and O–H groups in total. The van der Waals surface area contributed by atoms with Gasteiger partial charge in [0.15, 0.2) is 0 Å². The summed E-state index contributed by atoms with van der Waals surface area (Å²) in [5.74, 6) is 2.50. The molecule has 0 radical (unpaired) electrons. The van der Waals surface area contributed by atoms with Gasteiger partial charge in [-0.1, -0.05) is 0 Å². The Bertz CT molecular complexity index is 901. The molecule has 4 aliphatic heterocycles. The van der Waals surface area contributed by atoms with Gasteiger partial charge in [0, 0.05) is 54.1 Å². The van der Waals surface area contributed by atoms with Crippen molar-refractivity contribution in [1.29, 1.82) is 0 Å². The number of thioether (sulfide) groups is 1. The van der Waals surface area contributed by atoms with Crippen LogP contribution < -0.4 is 5.32 Å². The molecule has 2 aromatic rings. The SMILES string of the molecule is O=C(NC1CN2CCC1CC2)c1cc2c(C(=O)N3CCSCC3)csc2cn1. The normalized spacial score (nSPS) is 27.1. The molecule has 0 saturated carbocycles. The standard InChI is InChI=1S/C20H24N4O2S2/c25-19(22-17-11-23-3-1-13(17)2-4-23)16-9-14-15(12-28-18(14)10-21-16)20(26)24-5-7-27-8-6-24/h9-10,12-13,17H,1-8,11H2,(H,22,25). The summed E-state index contributed by atoms with van der Waals surface area (Å²) >= 11 is 3.41. The number of aromatic nitrogens is 1. The van der Waals surface area contributed by atoms with Crippen molar-refractivity contribution in [3.05, 3.63) is 28.9 Å². The molecule has 0 spiro atoms. The minimum Gasteiger partial charge on any atom is -0.346 e. The van der Waals surface area contributed by atoms with Crippen LogP contribution in [-0.4, -0.2) is 76.9 Å². The lowest BCUT2D eigenvalue weighted by atomic mass is 9.84. The second-order valence-electron chi connectivity index (χ2n) is 7.84. The summed E-state index contributed by atoms with van der Waals surface area (Å²) < 4.78 is 0.953. The van der Waals surface area contributed by atoms with E-state index >= 15 is 0 Å². The topological polar surface area (TPSA) is 65.5 Å². The number of pyridine rings is 1. The first kappa shape index (κ1) is 18.4. The molecule has 2 bridgehead atoms. The van der Waals surface area contributed by atoms with Crippen molar-refractivity contribution in [2.45, 2.75) is 18.9 Å². The maximum Gasteiger partial charge on any atom is 0.270 e. The molecule has 4 aliphatic rings. The van der Waals surface area contributed by atoms with Gasteiger partial charge in [0.1, 0.15) is 5.69 Å². The van der Waals surface area contributed by atoms with Crippen LogP contribution >= 0.6 is 23.1 Å². The highest BCUT2D eigenvalue weighted by molar-refractivity contribution is 7.99. The Morgan fingerprint density at radius 2 is 1.93 bits per heavy atom. The van der Waals surface area contributed by atoms with E-state index in [2.05, 4.69) is 15.2 Å². The smallest absolute Gasteiger partial charge is 0.270 e. The predicted octanol–water partition coefficient (Wildman–Crippen LogP) is 2.31. The van der Waals surface area contributed by atoms with Gasteiger partial charge in [-0.3, -0.25) is 9.59 Å². The number of rotatable bonds is 3. The summed E-state index contributed by atoms with van der Waals surface area (Å²) in [6.45, 7) is 4.82. The molecule has 4 fully saturated rings. The van der Waals surface area contributed by atoms with Gasteiger partial charge in [0.05, 0.1) is 10.3 Å². The minimum atomic E-state index is -0.125. The molecule has 6 nitrogen and oxygen atoms in total. The van der Waals surface area contributed by atoms with Crippen LogP contribution in [0.4, 0.5) is 0 Å². The average molecular weight is 417 g/mol. The van der Waals surface area contributed by atoms with E-state index in [-0.39, 0.29) is 17.9 Å². The number of carbonyl (C=O) groups is 2. The van der Waals surface area contributed by atoms with Crippen molar-refractivity contribution in [2.24, 2.45) is 5.92 Å². The molecule has 4 saturated heterocycles. The van der Waals surface area contributed by atoms with Crippen molar-refractivity contribution in [1.82, 2.24) is 20.1 Å². The summed E-state index contributed by atoms with van der Waals surface area (Å²) in [4.78, 5) is 34.5. The number of amides is 2. The average Bonchev–Trinajstić information content (AvgIpc) is 3.18. The lowest BCUT2D eigenvalue weighted by Crippen LogP contribution is -2.57. The van der Waals surface area contributed by atoms with E-state index in [0.29, 0.717) is 17.2 Å². The lowest BCUT2D eigenvalue weighted by Gasteiger charge is -2.44. The molecular formula is C20H24N4O2S2. The van der Waals surface area contributed by atoms with Crippen LogP contribution in [0.25, 0.3) is 10.1 Å². The van der Waals surface area contributed by atoms with Gasteiger partial charge in [-0.05, 0) is 37.9 Å². The zero-order valence-corrected chi connectivity index (χ0v) is 17.4. The zero-order chi connectivity index (χ0) is 19.1. The zero-order valence-electron chi connectivity index (χ0n) is 15.7. The van der Waals surface area contributed by atoms with E-state index < -0.39 is 0 Å². The molecule has 6 rings (SSSR count). The molecule has 6 heterocycles. The van der Waals surface area contributed by atoms with Gasteiger partial charge in [-0.2, -0.15) is 11.8 Å². The van der Waals surface area contributed by atoms with Crippen LogP contribution in [-0.2, 0) is 0 Å². The highest BCUT2D eigenvalue weighted by Crippen LogP contribution is 2.29. The van der Waals surface area contributed by atoms with Crippen molar-refractivity contribution in [3.63, 3.8) is 0 Å². The first-order chi connectivity index (χ1) is 13.7. The molecule has 1 atom stereocenters. The van der Waals surface area contributed by atoms with Crippen molar-refractivity contribution in [2.75, 3.05) is 44.2 Å². The molecule has 28 heavy (non-hydrogen) atoms. The fraction of sp³-hybridized carbons (Fsp3) is 0.550. The Morgan fingerprint density at radius 1 is 1.14 bits per heavy atom. The second kappa shape index (κ2) is 7.65. The molecule has 2 amide bonds. The van der Waals surface area contributed by atoms with Crippen molar-refractivity contribution >= 4 is 45.0 Å². The minimum absolute atomic E-state index is 0.0708. The Balaban J connectivity index is 1.36. The lowest BCUT2D eigenvalue weighted by molar-refractivity contribution is 0.0617. The van der Waals surface area contributed by atoms with E-state index in [1.165, 1.54) is 11.3 Å². The van der Waals surface area contributed by atoms with E-state index in [1.54, 1.807) is 12.3 Å². The number of piperidine rings is 3. The van der Waals surface area contributed by atoms with Gasteiger partial charge >= 0.3 is 0 Å². The maximum atomic E-state index is 13.0. The molecule has 0 aromatic carbocycles.